The maximum atomic E-state index is 4.58. The van der Waals surface area contributed by atoms with E-state index >= 15 is 0 Å². The van der Waals surface area contributed by atoms with Crippen molar-refractivity contribution in [2.75, 3.05) is 32.6 Å². The minimum atomic E-state index is 0.663. The highest BCUT2D eigenvalue weighted by Gasteiger charge is 2.08. The van der Waals surface area contributed by atoms with E-state index < -0.39 is 0 Å². The molecule has 6 nitrogen and oxygen atoms in total. The zero-order chi connectivity index (χ0) is 18.5. The number of aliphatic imine (C=N–C) groups is 1. The highest BCUT2D eigenvalue weighted by Crippen LogP contribution is 2.22. The number of hydrogen-bond acceptors (Lipinski definition) is 4. The Labute approximate surface area is 158 Å². The van der Waals surface area contributed by atoms with E-state index in [0.29, 0.717) is 6.54 Å². The summed E-state index contributed by atoms with van der Waals surface area (Å²) >= 11 is 1.65. The normalized spacial score (nSPS) is 11.8. The number of benzene rings is 1. The maximum Gasteiger partial charge on any atom is 0.191 e. The van der Waals surface area contributed by atoms with Crippen molar-refractivity contribution in [2.24, 2.45) is 4.99 Å². The highest BCUT2D eigenvalue weighted by molar-refractivity contribution is 7.13. The van der Waals surface area contributed by atoms with Gasteiger partial charge in [-0.25, -0.2) is 4.98 Å². The Kier molecular flexibility index (Phi) is 5.78. The first-order valence-corrected chi connectivity index (χ1v) is 9.59. The van der Waals surface area contributed by atoms with Crippen molar-refractivity contribution in [3.63, 3.8) is 0 Å². The lowest BCUT2D eigenvalue weighted by molar-refractivity contribution is 0.785. The molecule has 0 unspecified atom stereocenters. The number of thiazole rings is 1. The number of nitrogens with one attached hydrogen (secondary N) is 3. The first-order valence-electron chi connectivity index (χ1n) is 8.71. The standard InChI is InChI=1S/C19H26N6S/c1-13-15(16-7-5-6-8-17(16)23-13)9-10-21-18(20-2)22-11-14-12-26-19(24-14)25(3)4/h5-8,12,23H,9-11H2,1-4H3,(H2,20,21,22). The van der Waals surface area contributed by atoms with Crippen LogP contribution >= 0.6 is 11.3 Å². The van der Waals surface area contributed by atoms with E-state index in [-0.39, 0.29) is 0 Å². The number of nitrogens with zero attached hydrogens (tertiary/aromatic N) is 3. The zero-order valence-corrected chi connectivity index (χ0v) is 16.6. The molecular weight excluding hydrogens is 344 g/mol. The molecule has 2 heterocycles. The minimum Gasteiger partial charge on any atom is -0.358 e. The van der Waals surface area contributed by atoms with Crippen LogP contribution in [-0.4, -0.2) is 43.6 Å². The van der Waals surface area contributed by atoms with Crippen molar-refractivity contribution in [1.29, 1.82) is 0 Å². The molecule has 1 aromatic carbocycles. The molecule has 26 heavy (non-hydrogen) atoms. The second-order valence-corrected chi connectivity index (χ2v) is 7.23. The number of hydrogen-bond donors (Lipinski definition) is 3. The average molecular weight is 371 g/mol. The minimum absolute atomic E-state index is 0.663. The largest absolute Gasteiger partial charge is 0.358 e. The summed E-state index contributed by atoms with van der Waals surface area (Å²) in [5, 5.41) is 11.1. The number of aryl methyl sites for hydroxylation is 1. The first kappa shape index (κ1) is 18.3. The van der Waals surface area contributed by atoms with Crippen LogP contribution in [0.2, 0.25) is 0 Å². The van der Waals surface area contributed by atoms with Crippen LogP contribution < -0.4 is 15.5 Å². The Bertz CT molecular complexity index is 892. The topological polar surface area (TPSA) is 68.3 Å². The van der Waals surface area contributed by atoms with Gasteiger partial charge < -0.3 is 20.5 Å². The van der Waals surface area contributed by atoms with Gasteiger partial charge in [-0.05, 0) is 25.0 Å². The van der Waals surface area contributed by atoms with Crippen LogP contribution in [0.15, 0.2) is 34.6 Å². The van der Waals surface area contributed by atoms with Crippen LogP contribution in [0.5, 0.6) is 0 Å². The molecular formula is C19H26N6S. The van der Waals surface area contributed by atoms with Crippen LogP contribution in [0.25, 0.3) is 10.9 Å². The van der Waals surface area contributed by atoms with Gasteiger partial charge in [-0.3, -0.25) is 4.99 Å². The Morgan fingerprint density at radius 1 is 1.27 bits per heavy atom. The van der Waals surface area contributed by atoms with Gasteiger partial charge in [-0.15, -0.1) is 11.3 Å². The Morgan fingerprint density at radius 3 is 2.81 bits per heavy atom. The van der Waals surface area contributed by atoms with Gasteiger partial charge in [0.1, 0.15) is 0 Å². The van der Waals surface area contributed by atoms with E-state index in [9.17, 15) is 0 Å². The second-order valence-electron chi connectivity index (χ2n) is 6.39. The van der Waals surface area contributed by atoms with Gasteiger partial charge in [0.25, 0.3) is 0 Å². The van der Waals surface area contributed by atoms with Gasteiger partial charge >= 0.3 is 0 Å². The second kappa shape index (κ2) is 8.23. The summed E-state index contributed by atoms with van der Waals surface area (Å²) < 4.78 is 0. The number of H-pyrrole nitrogens is 1. The third-order valence-corrected chi connectivity index (χ3v) is 5.33. The van der Waals surface area contributed by atoms with Crippen molar-refractivity contribution < 1.29 is 0 Å². The molecule has 0 saturated heterocycles. The van der Waals surface area contributed by atoms with Crippen molar-refractivity contribution in [2.45, 2.75) is 19.9 Å². The number of guanidine groups is 1. The molecule has 2 aromatic heterocycles. The molecule has 3 rings (SSSR count). The van der Waals surface area contributed by atoms with Gasteiger partial charge in [0, 0.05) is 49.7 Å². The van der Waals surface area contributed by atoms with Gasteiger partial charge in [0.05, 0.1) is 12.2 Å². The van der Waals surface area contributed by atoms with Gasteiger partial charge in [0.15, 0.2) is 11.1 Å². The Morgan fingerprint density at radius 2 is 2.08 bits per heavy atom. The van der Waals surface area contributed by atoms with E-state index in [0.717, 1.165) is 29.8 Å². The molecule has 0 radical (unpaired) electrons. The molecule has 0 saturated carbocycles. The zero-order valence-electron chi connectivity index (χ0n) is 15.8. The predicted octanol–water partition coefficient (Wildman–Crippen LogP) is 2.91. The summed E-state index contributed by atoms with van der Waals surface area (Å²) in [5.41, 5.74) is 4.81. The molecule has 0 amide bonds. The van der Waals surface area contributed by atoms with Crippen LogP contribution in [-0.2, 0) is 13.0 Å². The third kappa shape index (κ3) is 4.16. The number of aromatic amines is 1. The Hall–Kier alpha value is -2.54. The molecule has 0 aliphatic carbocycles. The van der Waals surface area contributed by atoms with Crippen LogP contribution in [0.1, 0.15) is 17.0 Å². The van der Waals surface area contributed by atoms with Gasteiger partial charge in [0.2, 0.25) is 0 Å². The van der Waals surface area contributed by atoms with E-state index in [1.165, 1.54) is 22.2 Å². The molecule has 3 N–H and O–H groups in total. The van der Waals surface area contributed by atoms with Gasteiger partial charge in [-0.1, -0.05) is 18.2 Å². The molecule has 0 atom stereocenters. The molecule has 0 aliphatic rings. The lowest BCUT2D eigenvalue weighted by Crippen LogP contribution is -2.38. The van der Waals surface area contributed by atoms with E-state index in [1.807, 2.05) is 19.0 Å². The summed E-state index contributed by atoms with van der Waals surface area (Å²) in [5.74, 6) is 0.793. The monoisotopic (exact) mass is 370 g/mol. The lowest BCUT2D eigenvalue weighted by atomic mass is 10.1. The summed E-state index contributed by atoms with van der Waals surface area (Å²) in [6, 6.07) is 8.44. The average Bonchev–Trinajstić information content (AvgIpc) is 3.22. The summed E-state index contributed by atoms with van der Waals surface area (Å²) in [4.78, 5) is 14.3. The third-order valence-electron chi connectivity index (χ3n) is 4.28. The van der Waals surface area contributed by atoms with Crippen LogP contribution in [0.4, 0.5) is 5.13 Å². The first-order chi connectivity index (χ1) is 12.6. The molecule has 138 valence electrons. The van der Waals surface area contributed by atoms with Crippen molar-refractivity contribution in [3.8, 4) is 0 Å². The SMILES string of the molecule is CN=C(NCCc1c(C)[nH]c2ccccc12)NCc1csc(N(C)C)n1. The van der Waals surface area contributed by atoms with Crippen molar-refractivity contribution in [1.82, 2.24) is 20.6 Å². The smallest absolute Gasteiger partial charge is 0.191 e. The summed E-state index contributed by atoms with van der Waals surface area (Å²) in [7, 11) is 5.80. The molecule has 0 bridgehead atoms. The quantitative estimate of drug-likeness (QED) is 0.461. The van der Waals surface area contributed by atoms with Crippen LogP contribution in [0.3, 0.4) is 0 Å². The number of rotatable bonds is 6. The van der Waals surface area contributed by atoms with E-state index in [2.05, 4.69) is 62.2 Å². The molecule has 0 aliphatic heterocycles. The molecule has 0 spiro atoms. The van der Waals surface area contributed by atoms with E-state index in [4.69, 9.17) is 0 Å². The van der Waals surface area contributed by atoms with E-state index in [1.54, 1.807) is 18.4 Å². The summed E-state index contributed by atoms with van der Waals surface area (Å²) in [6.07, 6.45) is 0.942. The fourth-order valence-corrected chi connectivity index (χ4v) is 3.70. The number of para-hydroxylation sites is 1. The lowest BCUT2D eigenvalue weighted by Gasteiger charge is -2.11. The van der Waals surface area contributed by atoms with Crippen molar-refractivity contribution in [3.05, 3.63) is 46.6 Å². The molecule has 0 fully saturated rings. The number of anilines is 1. The number of aromatic nitrogens is 2. The molecule has 3 aromatic rings. The fraction of sp³-hybridized carbons (Fsp3) is 0.368. The molecule has 7 heteroatoms. The van der Waals surface area contributed by atoms with Gasteiger partial charge in [-0.2, -0.15) is 0 Å². The Balaban J connectivity index is 1.53. The highest BCUT2D eigenvalue weighted by atomic mass is 32.1. The summed E-state index contributed by atoms with van der Waals surface area (Å²) in [6.45, 7) is 3.62. The predicted molar refractivity (Wildman–Crippen MR) is 111 cm³/mol. The van der Waals surface area contributed by atoms with Crippen LogP contribution in [0, 0.1) is 6.92 Å². The fourth-order valence-electron chi connectivity index (χ4n) is 2.94. The number of fused-ring (bicyclic) bond motifs is 1. The maximum absolute atomic E-state index is 4.58. The van der Waals surface area contributed by atoms with Crippen molar-refractivity contribution >= 4 is 33.3 Å².